The number of carbonyl (C=O) groups excluding carboxylic acids is 2. The summed E-state index contributed by atoms with van der Waals surface area (Å²) in [7, 11) is 0. The quantitative estimate of drug-likeness (QED) is 0.389. The van der Waals surface area contributed by atoms with E-state index in [1.807, 2.05) is 0 Å². The maximum atomic E-state index is 12.0. The van der Waals surface area contributed by atoms with Crippen molar-refractivity contribution in [1.29, 1.82) is 0 Å². The van der Waals surface area contributed by atoms with E-state index in [1.54, 1.807) is 31.2 Å². The van der Waals surface area contributed by atoms with Gasteiger partial charge in [0.05, 0.1) is 16.1 Å². The number of aryl methyl sites for hydroxylation is 1. The Balaban J connectivity index is 1.61. The monoisotopic (exact) mass is 385 g/mol. The van der Waals surface area contributed by atoms with Gasteiger partial charge in [-0.3, -0.25) is 24.3 Å². The van der Waals surface area contributed by atoms with Gasteiger partial charge >= 0.3 is 11.7 Å². The normalized spacial score (nSPS) is 10.6. The summed E-state index contributed by atoms with van der Waals surface area (Å²) in [6, 6.07) is 10.6. The lowest BCUT2D eigenvalue weighted by Crippen LogP contribution is -2.26. The van der Waals surface area contributed by atoms with E-state index in [4.69, 9.17) is 9.15 Å². The molecule has 10 nitrogen and oxygen atoms in total. The fraction of sp³-hybridized carbons (Fsp3) is 0.167. The molecular weight excluding hydrogens is 370 g/mol. The fourth-order valence-corrected chi connectivity index (χ4v) is 2.53. The number of hydrogen-bond donors (Lipinski definition) is 1. The number of carbonyl (C=O) groups is 2. The molecule has 3 aromatic rings. The molecule has 0 atom stereocenters. The maximum absolute atomic E-state index is 12.0. The van der Waals surface area contributed by atoms with Gasteiger partial charge in [-0.15, -0.1) is 0 Å². The van der Waals surface area contributed by atoms with Gasteiger partial charge in [0.15, 0.2) is 12.2 Å². The number of hydrogen-bond acceptors (Lipinski definition) is 7. The van der Waals surface area contributed by atoms with E-state index < -0.39 is 35.7 Å². The van der Waals surface area contributed by atoms with Crippen molar-refractivity contribution in [2.75, 3.05) is 11.9 Å². The van der Waals surface area contributed by atoms with Gasteiger partial charge in [-0.2, -0.15) is 0 Å². The van der Waals surface area contributed by atoms with Gasteiger partial charge in [0.25, 0.3) is 11.6 Å². The second kappa shape index (κ2) is 7.74. The predicted octanol–water partition coefficient (Wildman–Crippen LogP) is 1.99. The number of nitro groups is 1. The molecule has 0 spiro atoms. The van der Waals surface area contributed by atoms with E-state index in [0.717, 1.165) is 4.57 Å². The number of nitro benzene ring substituents is 1. The number of aromatic nitrogens is 1. The molecule has 0 saturated carbocycles. The van der Waals surface area contributed by atoms with Crippen LogP contribution in [-0.2, 0) is 20.9 Å². The van der Waals surface area contributed by atoms with Crippen LogP contribution in [0.15, 0.2) is 51.7 Å². The number of anilines is 1. The third-order valence-corrected chi connectivity index (χ3v) is 3.93. The molecule has 0 saturated heterocycles. The summed E-state index contributed by atoms with van der Waals surface area (Å²) in [5, 5.41) is 13.3. The molecule has 1 amide bonds. The molecule has 1 aromatic heterocycles. The topological polar surface area (TPSA) is 134 Å². The van der Waals surface area contributed by atoms with Crippen molar-refractivity contribution in [3.63, 3.8) is 0 Å². The maximum Gasteiger partial charge on any atom is 0.420 e. The van der Waals surface area contributed by atoms with Crippen molar-refractivity contribution in [2.45, 2.75) is 13.5 Å². The number of ether oxygens (including phenoxy) is 1. The van der Waals surface area contributed by atoms with Crippen LogP contribution in [0.4, 0.5) is 11.4 Å². The zero-order chi connectivity index (χ0) is 20.3. The summed E-state index contributed by atoms with van der Waals surface area (Å²) in [4.78, 5) is 46.0. The average Bonchev–Trinajstić information content (AvgIpc) is 2.97. The Labute approximate surface area is 157 Å². The minimum atomic E-state index is -0.806. The van der Waals surface area contributed by atoms with Crippen LogP contribution >= 0.6 is 0 Å². The molecule has 28 heavy (non-hydrogen) atoms. The number of non-ortho nitro benzene ring substituents is 1. The minimum Gasteiger partial charge on any atom is -0.454 e. The van der Waals surface area contributed by atoms with E-state index in [-0.39, 0.29) is 11.4 Å². The molecule has 1 heterocycles. The molecular formula is C18H15N3O7. The molecule has 0 radical (unpaired) electrons. The predicted molar refractivity (Wildman–Crippen MR) is 97.9 cm³/mol. The number of fused-ring (bicyclic) bond motifs is 1. The number of benzene rings is 2. The van der Waals surface area contributed by atoms with Crippen molar-refractivity contribution in [1.82, 2.24) is 4.57 Å². The summed E-state index contributed by atoms with van der Waals surface area (Å²) in [6.07, 6.45) is 0. The molecule has 0 bridgehead atoms. The van der Waals surface area contributed by atoms with Crippen LogP contribution in [0.2, 0.25) is 0 Å². The standard InChI is InChI=1S/C18H15N3O7/c1-11-6-7-12(21(25)26)8-13(11)19-16(22)10-27-17(23)9-20-14-4-2-3-5-15(14)28-18(20)24/h2-8H,9-10H2,1H3,(H,19,22). The largest absolute Gasteiger partial charge is 0.454 e. The third-order valence-electron chi connectivity index (χ3n) is 3.93. The van der Waals surface area contributed by atoms with Crippen molar-refractivity contribution < 1.29 is 23.7 Å². The van der Waals surface area contributed by atoms with Crippen LogP contribution in [-0.4, -0.2) is 28.0 Å². The van der Waals surface area contributed by atoms with E-state index in [9.17, 15) is 24.5 Å². The number of rotatable bonds is 6. The van der Waals surface area contributed by atoms with Crippen molar-refractivity contribution in [3.05, 3.63) is 68.7 Å². The van der Waals surface area contributed by atoms with Gasteiger partial charge < -0.3 is 14.5 Å². The minimum absolute atomic E-state index is 0.177. The zero-order valence-corrected chi connectivity index (χ0v) is 14.7. The fourth-order valence-electron chi connectivity index (χ4n) is 2.53. The highest BCUT2D eigenvalue weighted by Gasteiger charge is 2.15. The summed E-state index contributed by atoms with van der Waals surface area (Å²) in [5.74, 6) is -2.18. The van der Waals surface area contributed by atoms with E-state index in [1.165, 1.54) is 18.2 Å². The Bertz CT molecular complexity index is 1130. The molecule has 0 aliphatic heterocycles. The lowest BCUT2D eigenvalue weighted by Gasteiger charge is -2.09. The molecule has 0 aliphatic carbocycles. The molecule has 2 aromatic carbocycles. The Morgan fingerprint density at radius 2 is 2.00 bits per heavy atom. The summed E-state index contributed by atoms with van der Waals surface area (Å²) in [6.45, 7) is 0.645. The average molecular weight is 385 g/mol. The molecule has 10 heteroatoms. The third kappa shape index (κ3) is 4.06. The van der Waals surface area contributed by atoms with Crippen molar-refractivity contribution in [3.8, 4) is 0 Å². The van der Waals surface area contributed by atoms with Crippen LogP contribution in [0, 0.1) is 17.0 Å². The van der Waals surface area contributed by atoms with Gasteiger partial charge in [-0.1, -0.05) is 18.2 Å². The van der Waals surface area contributed by atoms with E-state index in [0.29, 0.717) is 16.7 Å². The SMILES string of the molecule is Cc1ccc([N+](=O)[O-])cc1NC(=O)COC(=O)Cn1c(=O)oc2ccccc21. The lowest BCUT2D eigenvalue weighted by molar-refractivity contribution is -0.384. The summed E-state index contributed by atoms with van der Waals surface area (Å²) >= 11 is 0. The second-order valence-electron chi connectivity index (χ2n) is 5.89. The van der Waals surface area contributed by atoms with Gasteiger partial charge in [-0.05, 0) is 24.6 Å². The number of nitrogens with one attached hydrogen (secondary N) is 1. The number of para-hydroxylation sites is 2. The van der Waals surface area contributed by atoms with Gasteiger partial charge in [-0.25, -0.2) is 4.79 Å². The first-order valence-corrected chi connectivity index (χ1v) is 8.14. The summed E-state index contributed by atoms with van der Waals surface area (Å²) < 4.78 is 11.0. The van der Waals surface area contributed by atoms with Crippen LogP contribution in [0.1, 0.15) is 5.56 Å². The Morgan fingerprint density at radius 3 is 2.75 bits per heavy atom. The molecule has 0 fully saturated rings. The van der Waals surface area contributed by atoms with E-state index in [2.05, 4.69) is 5.32 Å². The smallest absolute Gasteiger partial charge is 0.420 e. The number of esters is 1. The Hall–Kier alpha value is -3.95. The number of amides is 1. The first-order chi connectivity index (χ1) is 13.3. The molecule has 144 valence electrons. The van der Waals surface area contributed by atoms with Gasteiger partial charge in [0.1, 0.15) is 6.54 Å². The Morgan fingerprint density at radius 1 is 1.25 bits per heavy atom. The Kier molecular flexibility index (Phi) is 5.21. The zero-order valence-electron chi connectivity index (χ0n) is 14.7. The lowest BCUT2D eigenvalue weighted by atomic mass is 10.2. The second-order valence-corrected chi connectivity index (χ2v) is 5.89. The number of oxazole rings is 1. The highest BCUT2D eigenvalue weighted by molar-refractivity contribution is 5.93. The van der Waals surface area contributed by atoms with Crippen molar-refractivity contribution >= 4 is 34.4 Å². The van der Waals surface area contributed by atoms with Gasteiger partial charge in [0, 0.05) is 12.1 Å². The highest BCUT2D eigenvalue weighted by atomic mass is 16.6. The van der Waals surface area contributed by atoms with Crippen molar-refractivity contribution in [2.24, 2.45) is 0 Å². The summed E-state index contributed by atoms with van der Waals surface area (Å²) in [5.41, 5.74) is 1.44. The van der Waals surface area contributed by atoms with Gasteiger partial charge in [0.2, 0.25) is 0 Å². The first kappa shape index (κ1) is 18.8. The number of nitrogens with zero attached hydrogens (tertiary/aromatic N) is 2. The molecule has 0 aliphatic rings. The van der Waals surface area contributed by atoms with Crippen LogP contribution in [0.3, 0.4) is 0 Å². The van der Waals surface area contributed by atoms with Crippen LogP contribution < -0.4 is 11.1 Å². The van der Waals surface area contributed by atoms with Crippen LogP contribution in [0.25, 0.3) is 11.1 Å². The highest BCUT2D eigenvalue weighted by Crippen LogP contribution is 2.21. The first-order valence-electron chi connectivity index (χ1n) is 8.14. The molecule has 0 unspecified atom stereocenters. The van der Waals surface area contributed by atoms with Crippen LogP contribution in [0.5, 0.6) is 0 Å². The van der Waals surface area contributed by atoms with E-state index >= 15 is 0 Å². The molecule has 1 N–H and O–H groups in total. The molecule has 3 rings (SSSR count).